The smallest absolute Gasteiger partial charge is 0.323 e. The van der Waals surface area contributed by atoms with Crippen molar-refractivity contribution in [3.8, 4) is 0 Å². The van der Waals surface area contributed by atoms with Crippen molar-refractivity contribution < 1.29 is 37.5 Å². The van der Waals surface area contributed by atoms with Gasteiger partial charge in [0.05, 0.1) is 12.5 Å². The maximum atomic E-state index is 14.0. The quantitative estimate of drug-likeness (QED) is 0.389. The molecule has 0 bridgehead atoms. The summed E-state index contributed by atoms with van der Waals surface area (Å²) in [7, 11) is 0. The number of nitrogens with one attached hydrogen (secondary N) is 2. The SMILES string of the molecule is Cc1cccc(C(CC(=O)O)NC(=O)C2N(C(=O)Nc3ccc(F)cc3)CCCN2C(=O)c2cc(F)cc(F)c2)c1. The highest BCUT2D eigenvalue weighted by atomic mass is 19.1. The zero-order valence-corrected chi connectivity index (χ0v) is 21.9. The second-order valence-electron chi connectivity index (χ2n) is 9.59. The lowest BCUT2D eigenvalue weighted by atomic mass is 10.0. The molecule has 0 saturated carbocycles. The van der Waals surface area contributed by atoms with E-state index >= 15 is 0 Å². The Hall–Kier alpha value is -4.87. The van der Waals surface area contributed by atoms with Crippen LogP contribution in [0.3, 0.4) is 0 Å². The van der Waals surface area contributed by atoms with E-state index in [2.05, 4.69) is 10.6 Å². The summed E-state index contributed by atoms with van der Waals surface area (Å²) >= 11 is 0. The summed E-state index contributed by atoms with van der Waals surface area (Å²) in [5, 5.41) is 14.7. The molecule has 4 rings (SSSR count). The molecule has 2 unspecified atom stereocenters. The second-order valence-corrected chi connectivity index (χ2v) is 9.59. The van der Waals surface area contributed by atoms with Gasteiger partial charge in [0.25, 0.3) is 11.8 Å². The number of aryl methyl sites for hydroxylation is 1. The largest absolute Gasteiger partial charge is 0.481 e. The molecular weight excluding hydrogens is 541 g/mol. The van der Waals surface area contributed by atoms with Gasteiger partial charge < -0.3 is 20.6 Å². The number of hydrogen-bond donors (Lipinski definition) is 3. The second kappa shape index (κ2) is 12.5. The van der Waals surface area contributed by atoms with Crippen molar-refractivity contribution in [2.75, 3.05) is 18.4 Å². The van der Waals surface area contributed by atoms with Gasteiger partial charge in [-0.2, -0.15) is 0 Å². The third-order valence-corrected chi connectivity index (χ3v) is 6.49. The number of benzene rings is 3. The third-order valence-electron chi connectivity index (χ3n) is 6.49. The molecule has 1 fully saturated rings. The summed E-state index contributed by atoms with van der Waals surface area (Å²) in [4.78, 5) is 54.4. The number of carboxylic acids is 1. The van der Waals surface area contributed by atoms with Crippen LogP contribution in [0.5, 0.6) is 0 Å². The maximum absolute atomic E-state index is 14.0. The molecule has 1 saturated heterocycles. The van der Waals surface area contributed by atoms with E-state index < -0.39 is 59.9 Å². The highest BCUT2D eigenvalue weighted by Gasteiger charge is 2.41. The predicted molar refractivity (Wildman–Crippen MR) is 142 cm³/mol. The Labute approximate surface area is 233 Å². The molecule has 1 aliphatic heterocycles. The first kappa shape index (κ1) is 29.1. The number of aliphatic carboxylic acids is 1. The van der Waals surface area contributed by atoms with Crippen LogP contribution in [0.25, 0.3) is 0 Å². The zero-order valence-electron chi connectivity index (χ0n) is 21.9. The minimum atomic E-state index is -1.61. The topological polar surface area (TPSA) is 119 Å². The fourth-order valence-corrected chi connectivity index (χ4v) is 4.66. The first-order chi connectivity index (χ1) is 19.5. The van der Waals surface area contributed by atoms with Gasteiger partial charge in [-0.1, -0.05) is 29.8 Å². The number of anilines is 1. The normalized spacial score (nSPS) is 15.7. The number of nitrogens with zero attached hydrogens (tertiary/aromatic N) is 2. The van der Waals surface area contributed by atoms with Crippen molar-refractivity contribution >= 4 is 29.5 Å². The molecule has 1 heterocycles. The average Bonchev–Trinajstić information content (AvgIpc) is 2.92. The summed E-state index contributed by atoms with van der Waals surface area (Å²) < 4.78 is 41.3. The Morgan fingerprint density at radius 2 is 1.56 bits per heavy atom. The molecule has 3 N–H and O–H groups in total. The molecule has 0 aromatic heterocycles. The fraction of sp³-hybridized carbons (Fsp3) is 0.241. The van der Waals surface area contributed by atoms with Gasteiger partial charge in [0, 0.05) is 30.4 Å². The summed E-state index contributed by atoms with van der Waals surface area (Å²) in [6.07, 6.45) is -1.88. The number of carbonyl (C=O) groups is 4. The van der Waals surface area contributed by atoms with E-state index in [-0.39, 0.29) is 30.8 Å². The van der Waals surface area contributed by atoms with Gasteiger partial charge in [-0.25, -0.2) is 18.0 Å². The Morgan fingerprint density at radius 3 is 2.20 bits per heavy atom. The van der Waals surface area contributed by atoms with Crippen molar-refractivity contribution in [3.05, 3.63) is 101 Å². The number of carbonyl (C=O) groups excluding carboxylic acids is 3. The van der Waals surface area contributed by atoms with Crippen molar-refractivity contribution in [2.24, 2.45) is 0 Å². The summed E-state index contributed by atoms with van der Waals surface area (Å²) in [6, 6.07) is 12.1. The van der Waals surface area contributed by atoms with Crippen LogP contribution in [0, 0.1) is 24.4 Å². The molecule has 12 heteroatoms. The van der Waals surface area contributed by atoms with E-state index in [0.717, 1.165) is 39.6 Å². The lowest BCUT2D eigenvalue weighted by Crippen LogP contribution is -2.64. The van der Waals surface area contributed by atoms with E-state index in [1.807, 2.05) is 0 Å². The molecule has 3 aromatic rings. The van der Waals surface area contributed by atoms with Gasteiger partial charge in [0.2, 0.25) is 0 Å². The Kier molecular flexibility index (Phi) is 8.91. The molecule has 41 heavy (non-hydrogen) atoms. The number of halogens is 3. The highest BCUT2D eigenvalue weighted by molar-refractivity contribution is 6.00. The van der Waals surface area contributed by atoms with Crippen molar-refractivity contribution in [2.45, 2.75) is 32.0 Å². The van der Waals surface area contributed by atoms with Gasteiger partial charge in [-0.05, 0) is 55.3 Å². The number of urea groups is 1. The first-order valence-electron chi connectivity index (χ1n) is 12.7. The van der Waals surface area contributed by atoms with Crippen LogP contribution in [0.4, 0.5) is 23.7 Å². The number of rotatable bonds is 7. The molecular formula is C29H27F3N4O5. The van der Waals surface area contributed by atoms with Crippen LogP contribution in [0.1, 0.15) is 40.4 Å². The average molecular weight is 569 g/mol. The molecule has 3 aromatic carbocycles. The predicted octanol–water partition coefficient (Wildman–Crippen LogP) is 4.45. The van der Waals surface area contributed by atoms with E-state index in [0.29, 0.717) is 11.6 Å². The van der Waals surface area contributed by atoms with Crippen LogP contribution < -0.4 is 10.6 Å². The number of amides is 4. The molecule has 9 nitrogen and oxygen atoms in total. The lowest BCUT2D eigenvalue weighted by Gasteiger charge is -2.43. The Morgan fingerprint density at radius 1 is 0.902 bits per heavy atom. The third kappa shape index (κ3) is 7.21. The highest BCUT2D eigenvalue weighted by Crippen LogP contribution is 2.24. The number of carboxylic acid groups (broad SMARTS) is 1. The first-order valence-corrected chi connectivity index (χ1v) is 12.7. The van der Waals surface area contributed by atoms with Gasteiger partial charge in [-0.3, -0.25) is 19.3 Å². The fourth-order valence-electron chi connectivity index (χ4n) is 4.66. The van der Waals surface area contributed by atoms with Crippen molar-refractivity contribution in [1.82, 2.24) is 15.1 Å². The van der Waals surface area contributed by atoms with Crippen molar-refractivity contribution in [3.63, 3.8) is 0 Å². The summed E-state index contributed by atoms with van der Waals surface area (Å²) in [5.74, 6) is -5.52. The lowest BCUT2D eigenvalue weighted by molar-refractivity contribution is -0.138. The minimum Gasteiger partial charge on any atom is -0.481 e. The maximum Gasteiger partial charge on any atom is 0.323 e. The molecule has 4 amide bonds. The number of hydrogen-bond acceptors (Lipinski definition) is 4. The van der Waals surface area contributed by atoms with Crippen LogP contribution in [-0.4, -0.2) is 58.0 Å². The standard InChI is InChI=1S/C29H27F3N4O5/c1-17-4-2-5-18(12-17)24(16-25(37)38)34-26(39)27-35(28(40)19-13-21(31)15-22(32)14-19)10-3-11-36(27)29(41)33-23-8-6-20(30)7-9-23/h2,4-9,12-15,24,27H,3,10-11,16H2,1H3,(H,33,41)(H,34,39)(H,37,38). The van der Waals surface area contributed by atoms with Gasteiger partial charge >= 0.3 is 12.0 Å². The monoisotopic (exact) mass is 568 g/mol. The summed E-state index contributed by atoms with van der Waals surface area (Å²) in [6.45, 7) is 1.77. The van der Waals surface area contributed by atoms with E-state index in [9.17, 15) is 37.5 Å². The van der Waals surface area contributed by atoms with E-state index in [4.69, 9.17) is 0 Å². The summed E-state index contributed by atoms with van der Waals surface area (Å²) in [5.41, 5.74) is 1.15. The molecule has 2 atom stereocenters. The molecule has 1 aliphatic rings. The van der Waals surface area contributed by atoms with Crippen molar-refractivity contribution in [1.29, 1.82) is 0 Å². The molecule has 214 valence electrons. The van der Waals surface area contributed by atoms with Gasteiger partial charge in [0.15, 0.2) is 6.17 Å². The molecule has 0 radical (unpaired) electrons. The Balaban J connectivity index is 1.70. The van der Waals surface area contributed by atoms with Crippen LogP contribution in [0.2, 0.25) is 0 Å². The van der Waals surface area contributed by atoms with Crippen LogP contribution >= 0.6 is 0 Å². The van der Waals surface area contributed by atoms with Gasteiger partial charge in [-0.15, -0.1) is 0 Å². The van der Waals surface area contributed by atoms with Crippen LogP contribution in [-0.2, 0) is 9.59 Å². The molecule has 0 aliphatic carbocycles. The zero-order chi connectivity index (χ0) is 29.7. The minimum absolute atomic E-state index is 0.0143. The molecule has 0 spiro atoms. The van der Waals surface area contributed by atoms with Crippen LogP contribution in [0.15, 0.2) is 66.7 Å². The van der Waals surface area contributed by atoms with E-state index in [1.54, 1.807) is 31.2 Å². The van der Waals surface area contributed by atoms with Gasteiger partial charge in [0.1, 0.15) is 17.5 Å². The van der Waals surface area contributed by atoms with E-state index in [1.165, 1.54) is 12.1 Å². The Bertz CT molecular complexity index is 1450.